The molecule has 150 valence electrons. The van der Waals surface area contributed by atoms with E-state index in [0.717, 1.165) is 11.8 Å². The minimum Gasteiger partial charge on any atom is -0.493 e. The fourth-order valence-electron chi connectivity index (χ4n) is 4.32. The van der Waals surface area contributed by atoms with Gasteiger partial charge in [0.15, 0.2) is 6.29 Å². The summed E-state index contributed by atoms with van der Waals surface area (Å²) in [7, 11) is 0. The molecule has 1 fully saturated rings. The first-order valence-electron chi connectivity index (χ1n) is 10.3. The molecule has 29 heavy (non-hydrogen) atoms. The number of ether oxygens (including phenoxy) is 1. The van der Waals surface area contributed by atoms with Crippen LogP contribution in [0, 0.1) is 5.92 Å². The van der Waals surface area contributed by atoms with E-state index in [-0.39, 0.29) is 11.8 Å². The van der Waals surface area contributed by atoms with Crippen LogP contribution in [0.1, 0.15) is 81.7 Å². The van der Waals surface area contributed by atoms with Crippen LogP contribution in [0.2, 0.25) is 0 Å². The summed E-state index contributed by atoms with van der Waals surface area (Å²) in [5, 5.41) is 0. The average Bonchev–Trinajstić information content (AvgIpc) is 3.03. The van der Waals surface area contributed by atoms with E-state index in [1.165, 1.54) is 37.0 Å². The van der Waals surface area contributed by atoms with Crippen LogP contribution in [0.5, 0.6) is 5.75 Å². The van der Waals surface area contributed by atoms with Crippen molar-refractivity contribution in [1.82, 2.24) is 4.90 Å². The van der Waals surface area contributed by atoms with E-state index >= 15 is 0 Å². The van der Waals surface area contributed by atoms with Crippen molar-refractivity contribution in [2.75, 3.05) is 6.61 Å². The molecular formula is C24H25NO4. The van der Waals surface area contributed by atoms with E-state index in [2.05, 4.69) is 0 Å². The normalized spacial score (nSPS) is 17.9. The second kappa shape index (κ2) is 8.19. The zero-order valence-electron chi connectivity index (χ0n) is 16.6. The van der Waals surface area contributed by atoms with Gasteiger partial charge in [-0.2, -0.15) is 0 Å². The Morgan fingerprint density at radius 2 is 1.69 bits per heavy atom. The molecular weight excluding hydrogens is 366 g/mol. The Labute approximate surface area is 170 Å². The van der Waals surface area contributed by atoms with Crippen molar-refractivity contribution in [3.63, 3.8) is 0 Å². The lowest BCUT2D eigenvalue weighted by Gasteiger charge is -2.24. The molecule has 1 atom stereocenters. The van der Waals surface area contributed by atoms with Crippen LogP contribution in [0.15, 0.2) is 42.5 Å². The van der Waals surface area contributed by atoms with Crippen LogP contribution in [0.3, 0.4) is 0 Å². The highest BCUT2D eigenvalue weighted by Crippen LogP contribution is 2.33. The number of rotatable bonds is 6. The van der Waals surface area contributed by atoms with Crippen LogP contribution in [-0.4, -0.2) is 29.6 Å². The Balaban J connectivity index is 1.52. The van der Waals surface area contributed by atoms with Crippen molar-refractivity contribution in [2.45, 2.75) is 45.1 Å². The Morgan fingerprint density at radius 3 is 2.31 bits per heavy atom. The summed E-state index contributed by atoms with van der Waals surface area (Å²) in [5.41, 5.74) is 2.02. The van der Waals surface area contributed by atoms with E-state index in [1.807, 2.05) is 6.07 Å². The van der Waals surface area contributed by atoms with Crippen molar-refractivity contribution in [3.8, 4) is 5.75 Å². The number of carbonyl (C=O) groups excluding carboxylic acids is 3. The van der Waals surface area contributed by atoms with E-state index in [1.54, 1.807) is 43.3 Å². The smallest absolute Gasteiger partial charge is 0.262 e. The lowest BCUT2D eigenvalue weighted by atomic mass is 9.90. The Morgan fingerprint density at radius 1 is 1.03 bits per heavy atom. The van der Waals surface area contributed by atoms with Crippen LogP contribution < -0.4 is 4.74 Å². The number of fused-ring (bicyclic) bond motifs is 1. The Kier molecular flexibility index (Phi) is 5.47. The van der Waals surface area contributed by atoms with Gasteiger partial charge in [-0.3, -0.25) is 19.3 Å². The third-order valence-electron chi connectivity index (χ3n) is 6.06. The topological polar surface area (TPSA) is 63.7 Å². The Hall–Kier alpha value is -2.95. The second-order valence-corrected chi connectivity index (χ2v) is 7.93. The van der Waals surface area contributed by atoms with Gasteiger partial charge in [-0.1, -0.05) is 37.5 Å². The number of imide groups is 1. The van der Waals surface area contributed by atoms with Gasteiger partial charge in [0, 0.05) is 0 Å². The third kappa shape index (κ3) is 3.69. The standard InChI is InChI=1S/C24H25NO4/c1-16(25-23(27)20-9-5-6-10-21(20)24(25)28)18-11-12-22(19(13-18)14-26)29-15-17-7-3-2-4-8-17/h5-6,9-14,16-17H,2-4,7-8,15H2,1H3/t16-/m0/s1. The molecule has 0 radical (unpaired) electrons. The number of hydrogen-bond acceptors (Lipinski definition) is 4. The number of nitrogens with zero attached hydrogens (tertiary/aromatic N) is 1. The largest absolute Gasteiger partial charge is 0.493 e. The summed E-state index contributed by atoms with van der Waals surface area (Å²) in [6, 6.07) is 11.7. The molecule has 0 N–H and O–H groups in total. The summed E-state index contributed by atoms with van der Waals surface area (Å²) < 4.78 is 5.94. The first-order valence-corrected chi connectivity index (χ1v) is 10.3. The summed E-state index contributed by atoms with van der Waals surface area (Å²) in [4.78, 5) is 38.4. The van der Waals surface area contributed by atoms with Crippen molar-refractivity contribution in [1.29, 1.82) is 0 Å². The maximum absolute atomic E-state index is 12.7. The summed E-state index contributed by atoms with van der Waals surface area (Å²) in [6.45, 7) is 2.42. The molecule has 1 aliphatic heterocycles. The lowest BCUT2D eigenvalue weighted by Crippen LogP contribution is -2.32. The number of hydrogen-bond donors (Lipinski definition) is 0. The molecule has 0 spiro atoms. The monoisotopic (exact) mass is 391 g/mol. The van der Waals surface area contributed by atoms with Gasteiger partial charge >= 0.3 is 0 Å². The summed E-state index contributed by atoms with van der Waals surface area (Å²) >= 11 is 0. The maximum atomic E-state index is 12.7. The number of amides is 2. The van der Waals surface area contributed by atoms with Crippen LogP contribution in [-0.2, 0) is 0 Å². The number of benzene rings is 2. The van der Waals surface area contributed by atoms with Gasteiger partial charge < -0.3 is 4.74 Å². The van der Waals surface area contributed by atoms with Crippen molar-refractivity contribution in [3.05, 3.63) is 64.7 Å². The quantitative estimate of drug-likeness (QED) is 0.523. The van der Waals surface area contributed by atoms with Crippen LogP contribution >= 0.6 is 0 Å². The molecule has 2 amide bonds. The first-order chi connectivity index (χ1) is 14.1. The van der Waals surface area contributed by atoms with E-state index < -0.39 is 6.04 Å². The molecule has 5 nitrogen and oxygen atoms in total. The van der Waals surface area contributed by atoms with E-state index in [9.17, 15) is 14.4 Å². The highest BCUT2D eigenvalue weighted by atomic mass is 16.5. The van der Waals surface area contributed by atoms with Gasteiger partial charge in [0.2, 0.25) is 0 Å². The number of carbonyl (C=O) groups is 3. The van der Waals surface area contributed by atoms with Gasteiger partial charge in [-0.25, -0.2) is 0 Å². The fraction of sp³-hybridized carbons (Fsp3) is 0.375. The third-order valence-corrected chi connectivity index (χ3v) is 6.06. The van der Waals surface area contributed by atoms with Crippen molar-refractivity contribution in [2.24, 2.45) is 5.92 Å². The molecule has 2 aromatic carbocycles. The van der Waals surface area contributed by atoms with Gasteiger partial charge in [0.25, 0.3) is 11.8 Å². The molecule has 0 saturated heterocycles. The molecule has 0 aromatic heterocycles. The number of aldehydes is 1. The summed E-state index contributed by atoms with van der Waals surface area (Å²) in [5.74, 6) is 0.496. The average molecular weight is 391 g/mol. The van der Waals surface area contributed by atoms with E-state index in [4.69, 9.17) is 4.74 Å². The molecule has 2 aliphatic rings. The second-order valence-electron chi connectivity index (χ2n) is 7.93. The van der Waals surface area contributed by atoms with Gasteiger partial charge in [-0.15, -0.1) is 0 Å². The fourth-order valence-corrected chi connectivity index (χ4v) is 4.32. The predicted molar refractivity (Wildman–Crippen MR) is 109 cm³/mol. The van der Waals surface area contributed by atoms with Crippen LogP contribution in [0.25, 0.3) is 0 Å². The molecule has 1 heterocycles. The maximum Gasteiger partial charge on any atom is 0.262 e. The van der Waals surface area contributed by atoms with Crippen molar-refractivity contribution >= 4 is 18.1 Å². The highest BCUT2D eigenvalue weighted by Gasteiger charge is 2.38. The van der Waals surface area contributed by atoms with Crippen LogP contribution in [0.4, 0.5) is 0 Å². The Bertz CT molecular complexity index is 911. The molecule has 5 heteroatoms. The lowest BCUT2D eigenvalue weighted by molar-refractivity contribution is 0.0595. The molecule has 4 rings (SSSR count). The predicted octanol–water partition coefficient (Wildman–Crippen LogP) is 4.82. The van der Waals surface area contributed by atoms with Gasteiger partial charge in [0.05, 0.1) is 29.3 Å². The zero-order valence-corrected chi connectivity index (χ0v) is 16.6. The minimum absolute atomic E-state index is 0.302. The molecule has 1 aliphatic carbocycles. The molecule has 1 saturated carbocycles. The molecule has 0 bridgehead atoms. The van der Waals surface area contributed by atoms with Gasteiger partial charge in [0.1, 0.15) is 5.75 Å². The molecule has 2 aromatic rings. The summed E-state index contributed by atoms with van der Waals surface area (Å²) in [6.07, 6.45) is 6.89. The van der Waals surface area contributed by atoms with Gasteiger partial charge in [-0.05, 0) is 55.5 Å². The minimum atomic E-state index is -0.478. The zero-order chi connectivity index (χ0) is 20.4. The molecule has 0 unspecified atom stereocenters. The first kappa shape index (κ1) is 19.4. The van der Waals surface area contributed by atoms with E-state index in [0.29, 0.717) is 35.0 Å². The highest BCUT2D eigenvalue weighted by molar-refractivity contribution is 6.21. The SMILES string of the molecule is C[C@@H](c1ccc(OCC2CCCCC2)c(C=O)c1)N1C(=O)c2ccccc2C1=O. The van der Waals surface area contributed by atoms with Crippen molar-refractivity contribution < 1.29 is 19.1 Å².